The van der Waals surface area contributed by atoms with E-state index in [-0.39, 0.29) is 17.2 Å². The molecule has 14 heteroatoms. The van der Waals surface area contributed by atoms with Crippen LogP contribution in [0.1, 0.15) is 13.8 Å². The van der Waals surface area contributed by atoms with Crippen LogP contribution in [0.25, 0.3) is 0 Å². The van der Waals surface area contributed by atoms with Crippen molar-refractivity contribution in [1.82, 2.24) is 14.9 Å². The third-order valence-corrected chi connectivity index (χ3v) is 7.00. The quantitative estimate of drug-likeness (QED) is 0.167. The van der Waals surface area contributed by atoms with E-state index in [2.05, 4.69) is 20.0 Å². The van der Waals surface area contributed by atoms with Gasteiger partial charge in [-0.2, -0.15) is 0 Å². The third-order valence-electron chi connectivity index (χ3n) is 2.41. The highest BCUT2D eigenvalue weighted by molar-refractivity contribution is 8.15. The van der Waals surface area contributed by atoms with E-state index >= 15 is 0 Å². The molecule has 0 saturated carbocycles. The molecule has 0 aliphatic carbocycles. The lowest BCUT2D eigenvalue weighted by Gasteiger charge is -2.21. The van der Waals surface area contributed by atoms with E-state index in [0.717, 1.165) is 11.8 Å². The zero-order valence-electron chi connectivity index (χ0n) is 15.3. The van der Waals surface area contributed by atoms with Gasteiger partial charge in [0.2, 0.25) is 11.5 Å². The van der Waals surface area contributed by atoms with Crippen molar-refractivity contribution in [3.63, 3.8) is 0 Å². The van der Waals surface area contributed by atoms with E-state index in [9.17, 15) is 13.8 Å². The Hall–Kier alpha value is -0.560. The van der Waals surface area contributed by atoms with Gasteiger partial charge in [-0.05, 0) is 31.9 Å². The molecule has 0 fully saturated rings. The van der Waals surface area contributed by atoms with Crippen molar-refractivity contribution in [2.45, 2.75) is 13.8 Å². The minimum absolute atomic E-state index is 0.0125. The molecule has 0 aromatic carbocycles. The summed E-state index contributed by atoms with van der Waals surface area (Å²) in [4.78, 5) is 29.2. The molecule has 1 atom stereocenters. The largest absolute Gasteiger partial charge is 0.434 e. The maximum Gasteiger partial charge on any atom is 0.434 e. The van der Waals surface area contributed by atoms with E-state index in [4.69, 9.17) is 20.9 Å². The Morgan fingerprint density at radius 3 is 2.31 bits per heavy atom. The molecule has 0 aromatic heterocycles. The van der Waals surface area contributed by atoms with Crippen LogP contribution in [0.5, 0.6) is 0 Å². The lowest BCUT2D eigenvalue weighted by molar-refractivity contribution is -0.121. The van der Waals surface area contributed by atoms with Crippen LogP contribution in [0.3, 0.4) is 0 Å². The summed E-state index contributed by atoms with van der Waals surface area (Å²) in [5.74, 6) is -0.633. The molecule has 0 saturated heterocycles. The summed E-state index contributed by atoms with van der Waals surface area (Å²) in [6.45, 7) is 1.80. The Bertz CT molecular complexity index is 565. The number of nitrogens with one attached hydrogen (secondary N) is 2. The molecule has 152 valence electrons. The van der Waals surface area contributed by atoms with Gasteiger partial charge in [-0.15, -0.1) is 11.8 Å². The van der Waals surface area contributed by atoms with Gasteiger partial charge < -0.3 is 19.3 Å². The molecule has 1 unspecified atom stereocenters. The van der Waals surface area contributed by atoms with Gasteiger partial charge in [0.1, 0.15) is 16.9 Å². The first-order chi connectivity index (χ1) is 12.2. The normalized spacial score (nSPS) is 13.2. The predicted octanol–water partition coefficient (Wildman–Crippen LogP) is 1.03. The second-order valence-electron chi connectivity index (χ2n) is 4.59. The predicted molar refractivity (Wildman–Crippen MR) is 108 cm³/mol. The van der Waals surface area contributed by atoms with Crippen molar-refractivity contribution in [2.75, 3.05) is 45.7 Å². The highest BCUT2D eigenvalue weighted by atomic mass is 32.5. The molecule has 0 aliphatic rings. The fourth-order valence-corrected chi connectivity index (χ4v) is 5.50. The van der Waals surface area contributed by atoms with Gasteiger partial charge in [0.25, 0.3) is 5.91 Å². The Kier molecular flexibility index (Phi) is 13.3. The minimum atomic E-state index is -2.55. The molecule has 26 heavy (non-hydrogen) atoms. The van der Waals surface area contributed by atoms with Crippen LogP contribution in [-0.2, 0) is 41.5 Å². The first-order valence-electron chi connectivity index (χ1n) is 7.47. The number of hydrogen-bond donors (Lipinski definition) is 2. The van der Waals surface area contributed by atoms with Crippen LogP contribution in [-0.4, -0.2) is 71.9 Å². The van der Waals surface area contributed by atoms with Crippen molar-refractivity contribution >= 4 is 58.1 Å². The maximum absolute atomic E-state index is 11.9. The summed E-state index contributed by atoms with van der Waals surface area (Å²) < 4.78 is 25.3. The number of amides is 2. The average molecular weight is 449 g/mol. The summed E-state index contributed by atoms with van der Waals surface area (Å²) in [5.41, 5.74) is 0. The molecule has 2 N–H and O–H groups in total. The topological polar surface area (TPSA) is 119 Å². The Morgan fingerprint density at radius 2 is 1.85 bits per heavy atom. The van der Waals surface area contributed by atoms with Gasteiger partial charge in [-0.3, -0.25) is 9.63 Å². The summed E-state index contributed by atoms with van der Waals surface area (Å²) in [6.07, 6.45) is 0.785. The number of rotatable bonds is 10. The monoisotopic (exact) mass is 448 g/mol. The maximum atomic E-state index is 11.9. The molecule has 0 aliphatic heterocycles. The Morgan fingerprint density at radius 1 is 1.27 bits per heavy atom. The second kappa shape index (κ2) is 13.6. The van der Waals surface area contributed by atoms with Crippen LogP contribution >= 0.6 is 18.3 Å². The molecule has 0 aromatic rings. The van der Waals surface area contributed by atoms with Gasteiger partial charge >= 0.3 is 6.09 Å². The third kappa shape index (κ3) is 10.6. The number of carbonyl (C=O) groups excluding carboxylic acids is 2. The van der Waals surface area contributed by atoms with Crippen molar-refractivity contribution in [3.8, 4) is 0 Å². The van der Waals surface area contributed by atoms with Crippen LogP contribution < -0.4 is 10.0 Å². The molecular weight excluding hydrogens is 423 g/mol. The summed E-state index contributed by atoms with van der Waals surface area (Å²) in [5, 5.41) is 5.76. The lowest BCUT2D eigenvalue weighted by Crippen LogP contribution is -2.33. The number of nitrogens with zero attached hydrogens (tertiary/aromatic N) is 2. The zero-order valence-corrected chi connectivity index (χ0v) is 18.7. The smallest absolute Gasteiger partial charge is 0.343 e. The van der Waals surface area contributed by atoms with E-state index in [0.29, 0.717) is 13.2 Å². The lowest BCUT2D eigenvalue weighted by atomic mass is 10.6. The molecule has 0 rings (SSSR count). The fraction of sp³-hybridized carbons (Fsp3) is 0.750. The van der Waals surface area contributed by atoms with Gasteiger partial charge in [0.15, 0.2) is 0 Å². The van der Waals surface area contributed by atoms with Crippen LogP contribution in [0, 0.1) is 0 Å². The van der Waals surface area contributed by atoms with Gasteiger partial charge in [-0.1, -0.05) is 5.16 Å². The average Bonchev–Trinajstić information content (AvgIpc) is 2.58. The number of hydrogen-bond acceptors (Lipinski definition) is 9. The van der Waals surface area contributed by atoms with Crippen LogP contribution in [0.2, 0.25) is 0 Å². The standard InChI is InChI=1S/C12H25N4O6PS3/c1-6-20-23(24,21-7-2)8-14-26(19)9-13-12(18)22-15-10(25-5)11(17)16(3)4/h14H,6-9H2,1-5H3,(H,13,18). The van der Waals surface area contributed by atoms with Crippen molar-refractivity contribution in [1.29, 1.82) is 0 Å². The number of carbonyl (C=O) groups is 2. The van der Waals surface area contributed by atoms with Gasteiger partial charge in [0, 0.05) is 14.1 Å². The molecule has 0 radical (unpaired) electrons. The molecule has 2 amide bonds. The van der Waals surface area contributed by atoms with Crippen molar-refractivity contribution < 1.29 is 27.7 Å². The Labute approximate surface area is 165 Å². The van der Waals surface area contributed by atoms with E-state index in [1.54, 1.807) is 34.2 Å². The molecule has 0 spiro atoms. The molecule has 0 bridgehead atoms. The van der Waals surface area contributed by atoms with E-state index in [1.165, 1.54) is 4.90 Å². The van der Waals surface area contributed by atoms with Crippen molar-refractivity contribution in [3.05, 3.63) is 0 Å². The highest BCUT2D eigenvalue weighted by Gasteiger charge is 2.19. The van der Waals surface area contributed by atoms with Gasteiger partial charge in [0.05, 0.1) is 19.5 Å². The van der Waals surface area contributed by atoms with Gasteiger partial charge in [-0.25, -0.2) is 13.7 Å². The highest BCUT2D eigenvalue weighted by Crippen LogP contribution is 2.47. The molecule has 0 heterocycles. The SMILES string of the molecule is CCOP(=S)(CNS(=O)CNC(=O)ON=C(SC)C(=O)N(C)C)OCC. The van der Waals surface area contributed by atoms with Crippen LogP contribution in [0.4, 0.5) is 4.79 Å². The molecular formula is C12H25N4O6PS3. The van der Waals surface area contributed by atoms with Crippen molar-refractivity contribution in [2.24, 2.45) is 5.16 Å². The molecule has 10 nitrogen and oxygen atoms in total. The first kappa shape index (κ1) is 25.4. The summed E-state index contributed by atoms with van der Waals surface area (Å²) in [7, 11) is 1.49. The Balaban J connectivity index is 4.40. The second-order valence-corrected chi connectivity index (χ2v) is 10.4. The number of thioether (sulfide) groups is 1. The zero-order chi connectivity index (χ0) is 20.2. The van der Waals surface area contributed by atoms with E-state index in [1.807, 2.05) is 0 Å². The fourth-order valence-electron chi connectivity index (χ4n) is 1.32. The van der Waals surface area contributed by atoms with E-state index < -0.39 is 29.5 Å². The summed E-state index contributed by atoms with van der Waals surface area (Å²) in [6, 6.07) is 0. The van der Waals surface area contributed by atoms with Crippen LogP contribution in [0.15, 0.2) is 5.16 Å². The minimum Gasteiger partial charge on any atom is -0.343 e. The number of oxime groups is 1. The summed E-state index contributed by atoms with van der Waals surface area (Å²) >= 11 is 6.32. The first-order valence-corrected chi connectivity index (χ1v) is 12.8.